The second-order valence-corrected chi connectivity index (χ2v) is 5.37. The van der Waals surface area contributed by atoms with Gasteiger partial charge in [-0.25, -0.2) is 0 Å². The highest BCUT2D eigenvalue weighted by atomic mass is 16.5. The van der Waals surface area contributed by atoms with Crippen molar-refractivity contribution in [3.05, 3.63) is 0 Å². The Morgan fingerprint density at radius 3 is 2.72 bits per heavy atom. The molecule has 18 heavy (non-hydrogen) atoms. The first-order valence-corrected chi connectivity index (χ1v) is 7.10. The van der Waals surface area contributed by atoms with Crippen molar-refractivity contribution in [2.45, 2.75) is 51.2 Å². The first-order valence-electron chi connectivity index (χ1n) is 7.10. The Bertz CT molecular complexity index is 210. The highest BCUT2D eigenvalue weighted by Gasteiger charge is 2.29. The van der Waals surface area contributed by atoms with Gasteiger partial charge in [0.1, 0.15) is 0 Å². The van der Waals surface area contributed by atoms with Crippen LogP contribution in [0, 0.1) is 11.8 Å². The molecule has 4 atom stereocenters. The van der Waals surface area contributed by atoms with Gasteiger partial charge in [-0.05, 0) is 37.5 Å². The Kier molecular flexibility index (Phi) is 7.82. The van der Waals surface area contributed by atoms with E-state index in [0.717, 1.165) is 19.3 Å². The lowest BCUT2D eigenvalue weighted by Crippen LogP contribution is -2.33. The van der Waals surface area contributed by atoms with Crippen molar-refractivity contribution in [2.75, 3.05) is 26.9 Å². The van der Waals surface area contributed by atoms with E-state index in [9.17, 15) is 10.2 Å². The van der Waals surface area contributed by atoms with Gasteiger partial charge in [0.2, 0.25) is 0 Å². The lowest BCUT2D eigenvalue weighted by atomic mass is 9.76. The quantitative estimate of drug-likeness (QED) is 0.651. The predicted octanol–water partition coefficient (Wildman–Crippen LogP) is 1.59. The normalized spacial score (nSPS) is 30.3. The van der Waals surface area contributed by atoms with E-state index in [1.54, 1.807) is 7.11 Å². The van der Waals surface area contributed by atoms with Crippen molar-refractivity contribution in [1.82, 2.24) is 0 Å². The minimum atomic E-state index is -0.475. The third kappa shape index (κ3) is 5.65. The molecule has 0 radical (unpaired) electrons. The van der Waals surface area contributed by atoms with Crippen molar-refractivity contribution < 1.29 is 19.7 Å². The highest BCUT2D eigenvalue weighted by molar-refractivity contribution is 4.81. The molecule has 0 heterocycles. The second kappa shape index (κ2) is 8.86. The van der Waals surface area contributed by atoms with E-state index < -0.39 is 6.10 Å². The maximum Gasteiger partial charge on any atom is 0.0777 e. The summed E-state index contributed by atoms with van der Waals surface area (Å²) in [6.45, 7) is 3.60. The van der Waals surface area contributed by atoms with Crippen LogP contribution < -0.4 is 0 Å². The zero-order valence-corrected chi connectivity index (χ0v) is 11.7. The van der Waals surface area contributed by atoms with Gasteiger partial charge in [0.15, 0.2) is 0 Å². The Balaban J connectivity index is 2.22. The van der Waals surface area contributed by atoms with Crippen LogP contribution in [0.2, 0.25) is 0 Å². The number of hydrogen-bond donors (Lipinski definition) is 2. The molecule has 0 bridgehead atoms. The molecule has 0 amide bonds. The molecule has 0 spiro atoms. The Hall–Kier alpha value is -0.160. The number of ether oxygens (including phenoxy) is 2. The Morgan fingerprint density at radius 1 is 1.28 bits per heavy atom. The number of aliphatic hydroxyl groups excluding tert-OH is 2. The number of hydrogen-bond acceptors (Lipinski definition) is 4. The van der Waals surface area contributed by atoms with E-state index in [1.807, 2.05) is 0 Å². The first-order chi connectivity index (χ1) is 8.67. The summed E-state index contributed by atoms with van der Waals surface area (Å²) >= 11 is 0. The fourth-order valence-corrected chi connectivity index (χ4v) is 2.75. The van der Waals surface area contributed by atoms with Crippen LogP contribution in [0.3, 0.4) is 0 Å². The smallest absolute Gasteiger partial charge is 0.0777 e. The molecular formula is C14H28O4. The molecule has 1 aliphatic carbocycles. The van der Waals surface area contributed by atoms with Crippen LogP contribution in [0.4, 0.5) is 0 Å². The van der Waals surface area contributed by atoms with E-state index in [2.05, 4.69) is 6.92 Å². The minimum Gasteiger partial charge on any atom is -0.393 e. The highest BCUT2D eigenvalue weighted by Crippen LogP contribution is 2.33. The molecule has 4 unspecified atom stereocenters. The molecule has 0 aromatic carbocycles. The number of methoxy groups -OCH3 is 1. The van der Waals surface area contributed by atoms with Gasteiger partial charge in [-0.2, -0.15) is 0 Å². The number of aliphatic hydroxyl groups is 2. The molecule has 0 saturated heterocycles. The van der Waals surface area contributed by atoms with Gasteiger partial charge in [0.25, 0.3) is 0 Å². The average molecular weight is 260 g/mol. The van der Waals surface area contributed by atoms with Crippen LogP contribution in [-0.4, -0.2) is 49.4 Å². The predicted molar refractivity (Wildman–Crippen MR) is 70.4 cm³/mol. The van der Waals surface area contributed by atoms with Gasteiger partial charge < -0.3 is 19.7 Å². The third-order valence-corrected chi connectivity index (χ3v) is 3.95. The van der Waals surface area contributed by atoms with Crippen molar-refractivity contribution >= 4 is 0 Å². The van der Waals surface area contributed by atoms with Gasteiger partial charge >= 0.3 is 0 Å². The van der Waals surface area contributed by atoms with Crippen LogP contribution in [0.1, 0.15) is 39.0 Å². The summed E-state index contributed by atoms with van der Waals surface area (Å²) in [7, 11) is 1.63. The third-order valence-electron chi connectivity index (χ3n) is 3.95. The zero-order valence-electron chi connectivity index (χ0n) is 11.7. The second-order valence-electron chi connectivity index (χ2n) is 5.37. The molecule has 1 saturated carbocycles. The van der Waals surface area contributed by atoms with E-state index in [4.69, 9.17) is 9.47 Å². The Morgan fingerprint density at radius 2 is 2.06 bits per heavy atom. The van der Waals surface area contributed by atoms with E-state index in [-0.39, 0.29) is 12.0 Å². The summed E-state index contributed by atoms with van der Waals surface area (Å²) in [5.74, 6) is 0.935. The summed E-state index contributed by atoms with van der Waals surface area (Å²) in [6.07, 6.45) is 4.12. The van der Waals surface area contributed by atoms with Crippen LogP contribution in [0.5, 0.6) is 0 Å². The maximum absolute atomic E-state index is 9.97. The molecule has 4 heteroatoms. The van der Waals surface area contributed by atoms with Gasteiger partial charge in [-0.1, -0.05) is 13.3 Å². The molecule has 108 valence electrons. The molecule has 0 aromatic rings. The van der Waals surface area contributed by atoms with Gasteiger partial charge in [0.05, 0.1) is 32.0 Å². The van der Waals surface area contributed by atoms with Crippen molar-refractivity contribution in [2.24, 2.45) is 11.8 Å². The van der Waals surface area contributed by atoms with Crippen LogP contribution in [0.15, 0.2) is 0 Å². The van der Waals surface area contributed by atoms with E-state index >= 15 is 0 Å². The summed E-state index contributed by atoms with van der Waals surface area (Å²) in [5.41, 5.74) is 0. The fraction of sp³-hybridized carbons (Fsp3) is 1.00. The molecule has 4 nitrogen and oxygen atoms in total. The first kappa shape index (κ1) is 15.9. The molecule has 0 aromatic heterocycles. The van der Waals surface area contributed by atoms with E-state index in [1.165, 1.54) is 6.42 Å². The summed E-state index contributed by atoms with van der Waals surface area (Å²) < 4.78 is 10.2. The van der Waals surface area contributed by atoms with Crippen LogP contribution in [0.25, 0.3) is 0 Å². The average Bonchev–Trinajstić information content (AvgIpc) is 2.37. The van der Waals surface area contributed by atoms with Crippen molar-refractivity contribution in [1.29, 1.82) is 0 Å². The minimum absolute atomic E-state index is 0.227. The zero-order chi connectivity index (χ0) is 13.4. The lowest BCUT2D eigenvalue weighted by molar-refractivity contribution is -0.0226. The molecule has 1 fully saturated rings. The maximum atomic E-state index is 9.97. The van der Waals surface area contributed by atoms with Gasteiger partial charge in [0, 0.05) is 7.11 Å². The molecule has 0 aliphatic heterocycles. The Labute approximate surface area is 110 Å². The van der Waals surface area contributed by atoms with Gasteiger partial charge in [-0.15, -0.1) is 0 Å². The van der Waals surface area contributed by atoms with Crippen molar-refractivity contribution in [3.63, 3.8) is 0 Å². The summed E-state index contributed by atoms with van der Waals surface area (Å²) in [4.78, 5) is 0. The monoisotopic (exact) mass is 260 g/mol. The SMILES string of the molecule is CCC1CCC(O)C(CC(O)COCCOC)C1. The van der Waals surface area contributed by atoms with E-state index in [0.29, 0.717) is 32.2 Å². The fourth-order valence-electron chi connectivity index (χ4n) is 2.75. The molecule has 1 aliphatic rings. The lowest BCUT2D eigenvalue weighted by Gasteiger charge is -2.34. The van der Waals surface area contributed by atoms with Crippen LogP contribution in [-0.2, 0) is 9.47 Å². The molecular weight excluding hydrogens is 232 g/mol. The van der Waals surface area contributed by atoms with Gasteiger partial charge in [-0.3, -0.25) is 0 Å². The standard InChI is InChI=1S/C14H28O4/c1-3-11-4-5-14(16)12(8-11)9-13(15)10-18-7-6-17-2/h11-16H,3-10H2,1-2H3. The summed E-state index contributed by atoms with van der Waals surface area (Å²) in [6, 6.07) is 0. The topological polar surface area (TPSA) is 58.9 Å². The molecule has 1 rings (SSSR count). The number of rotatable bonds is 8. The van der Waals surface area contributed by atoms with Crippen LogP contribution >= 0.6 is 0 Å². The van der Waals surface area contributed by atoms with Crippen molar-refractivity contribution in [3.8, 4) is 0 Å². The largest absolute Gasteiger partial charge is 0.393 e. The summed E-state index contributed by atoms with van der Waals surface area (Å²) in [5, 5.41) is 19.9. The molecule has 2 N–H and O–H groups in total.